The summed E-state index contributed by atoms with van der Waals surface area (Å²) in [6, 6.07) is 4.40. The van der Waals surface area contributed by atoms with Gasteiger partial charge in [-0.2, -0.15) is 0 Å². The lowest BCUT2D eigenvalue weighted by atomic mass is 9.65. The SMILES string of the molecule is Cc1ccc(C(=O)NC2[C@@H]3CC4C[C@H]2CN(C4)C3)s1. The average molecular weight is 276 g/mol. The van der Waals surface area contributed by atoms with Crippen LogP contribution in [0.15, 0.2) is 12.1 Å². The van der Waals surface area contributed by atoms with Gasteiger partial charge in [-0.25, -0.2) is 0 Å². The van der Waals surface area contributed by atoms with Crippen molar-refractivity contribution in [1.82, 2.24) is 10.2 Å². The van der Waals surface area contributed by atoms with E-state index in [-0.39, 0.29) is 5.91 Å². The summed E-state index contributed by atoms with van der Waals surface area (Å²) in [6.07, 6.45) is 2.64. The Morgan fingerprint density at radius 3 is 2.58 bits per heavy atom. The Balaban J connectivity index is 1.49. The van der Waals surface area contributed by atoms with Crippen LogP contribution in [-0.2, 0) is 0 Å². The fourth-order valence-corrected chi connectivity index (χ4v) is 5.19. The highest BCUT2D eigenvalue weighted by Crippen LogP contribution is 2.43. The molecular weight excluding hydrogens is 256 g/mol. The van der Waals surface area contributed by atoms with Crippen LogP contribution in [0.3, 0.4) is 0 Å². The van der Waals surface area contributed by atoms with E-state index in [1.165, 1.54) is 37.4 Å². The summed E-state index contributed by atoms with van der Waals surface area (Å²) in [5, 5.41) is 3.34. The summed E-state index contributed by atoms with van der Waals surface area (Å²) in [6.45, 7) is 5.75. The normalized spacial score (nSPS) is 39.5. The molecule has 1 N–H and O–H groups in total. The predicted octanol–water partition coefficient (Wildman–Crippen LogP) is 2.13. The van der Waals surface area contributed by atoms with E-state index in [1.54, 1.807) is 11.3 Å². The highest BCUT2D eigenvalue weighted by atomic mass is 32.1. The molecule has 4 bridgehead atoms. The molecule has 3 unspecified atom stereocenters. The smallest absolute Gasteiger partial charge is 0.261 e. The van der Waals surface area contributed by atoms with Crippen molar-refractivity contribution >= 4 is 17.2 Å². The van der Waals surface area contributed by atoms with E-state index in [1.807, 2.05) is 12.1 Å². The van der Waals surface area contributed by atoms with Crippen LogP contribution in [0.2, 0.25) is 0 Å². The van der Waals surface area contributed by atoms with Gasteiger partial charge in [-0.05, 0) is 49.7 Å². The number of amides is 1. The number of thiophene rings is 1. The summed E-state index contributed by atoms with van der Waals surface area (Å²) >= 11 is 1.60. The Labute approximate surface area is 118 Å². The van der Waals surface area contributed by atoms with Crippen molar-refractivity contribution in [1.29, 1.82) is 0 Å². The monoisotopic (exact) mass is 276 g/mol. The van der Waals surface area contributed by atoms with Gasteiger partial charge in [0, 0.05) is 30.6 Å². The molecule has 4 aliphatic rings. The number of nitrogens with zero attached hydrogens (tertiary/aromatic N) is 1. The molecule has 1 saturated carbocycles. The molecule has 0 aromatic carbocycles. The molecule has 4 fully saturated rings. The van der Waals surface area contributed by atoms with Crippen LogP contribution in [0, 0.1) is 24.7 Å². The van der Waals surface area contributed by atoms with Crippen molar-refractivity contribution in [2.45, 2.75) is 25.8 Å². The zero-order valence-electron chi connectivity index (χ0n) is 11.3. The fourth-order valence-electron chi connectivity index (χ4n) is 4.42. The quantitative estimate of drug-likeness (QED) is 0.897. The number of rotatable bonds is 2. The van der Waals surface area contributed by atoms with Gasteiger partial charge in [0.25, 0.3) is 5.91 Å². The van der Waals surface area contributed by atoms with Gasteiger partial charge in [0.2, 0.25) is 0 Å². The first-order valence-corrected chi connectivity index (χ1v) is 8.10. The molecule has 3 nitrogen and oxygen atoms in total. The fraction of sp³-hybridized carbons (Fsp3) is 0.667. The van der Waals surface area contributed by atoms with Gasteiger partial charge < -0.3 is 10.2 Å². The number of piperidine rings is 3. The lowest BCUT2D eigenvalue weighted by molar-refractivity contribution is -0.0418. The van der Waals surface area contributed by atoms with E-state index in [0.717, 1.165) is 10.8 Å². The molecule has 3 aliphatic heterocycles. The average Bonchev–Trinajstić information content (AvgIpc) is 2.79. The minimum atomic E-state index is 0.144. The lowest BCUT2D eigenvalue weighted by Gasteiger charge is -2.55. The Morgan fingerprint density at radius 1 is 1.26 bits per heavy atom. The number of hydrogen-bond acceptors (Lipinski definition) is 3. The molecule has 0 radical (unpaired) electrons. The maximum atomic E-state index is 12.3. The highest BCUT2D eigenvalue weighted by molar-refractivity contribution is 7.13. The summed E-state index contributed by atoms with van der Waals surface area (Å²) in [7, 11) is 0. The van der Waals surface area contributed by atoms with Crippen LogP contribution in [0.5, 0.6) is 0 Å². The van der Waals surface area contributed by atoms with Gasteiger partial charge in [-0.1, -0.05) is 0 Å². The maximum absolute atomic E-state index is 12.3. The second-order valence-electron chi connectivity index (χ2n) is 6.49. The van der Waals surface area contributed by atoms with Crippen molar-refractivity contribution in [3.05, 3.63) is 21.9 Å². The molecule has 1 aromatic rings. The molecule has 4 heteroatoms. The summed E-state index contributed by atoms with van der Waals surface area (Å²) in [4.78, 5) is 17.0. The first kappa shape index (κ1) is 11.9. The van der Waals surface area contributed by atoms with Gasteiger partial charge in [0.15, 0.2) is 0 Å². The number of carbonyl (C=O) groups is 1. The van der Waals surface area contributed by atoms with Gasteiger partial charge in [-0.15, -0.1) is 11.3 Å². The predicted molar refractivity (Wildman–Crippen MR) is 76.5 cm³/mol. The van der Waals surface area contributed by atoms with Crippen molar-refractivity contribution < 1.29 is 4.79 Å². The van der Waals surface area contributed by atoms with Gasteiger partial charge in [-0.3, -0.25) is 4.79 Å². The van der Waals surface area contributed by atoms with E-state index >= 15 is 0 Å². The number of nitrogens with one attached hydrogen (secondary N) is 1. The van der Waals surface area contributed by atoms with Crippen molar-refractivity contribution in [3.63, 3.8) is 0 Å². The lowest BCUT2D eigenvalue weighted by Crippen LogP contribution is -2.64. The number of aryl methyl sites for hydroxylation is 1. The summed E-state index contributed by atoms with van der Waals surface area (Å²) < 4.78 is 0. The van der Waals surface area contributed by atoms with Crippen LogP contribution in [0.4, 0.5) is 0 Å². The topological polar surface area (TPSA) is 32.3 Å². The van der Waals surface area contributed by atoms with Crippen LogP contribution >= 0.6 is 11.3 Å². The van der Waals surface area contributed by atoms with E-state index in [9.17, 15) is 4.79 Å². The first-order chi connectivity index (χ1) is 9.19. The molecule has 5 rings (SSSR count). The molecule has 0 spiro atoms. The molecule has 1 amide bonds. The summed E-state index contributed by atoms with van der Waals surface area (Å²) in [5.41, 5.74) is 0. The zero-order chi connectivity index (χ0) is 13.0. The van der Waals surface area contributed by atoms with E-state index in [0.29, 0.717) is 17.9 Å². The zero-order valence-corrected chi connectivity index (χ0v) is 12.1. The minimum Gasteiger partial charge on any atom is -0.348 e. The molecule has 4 heterocycles. The van der Waals surface area contributed by atoms with E-state index < -0.39 is 0 Å². The molecule has 5 atom stereocenters. The van der Waals surface area contributed by atoms with Gasteiger partial charge in [0.05, 0.1) is 4.88 Å². The Kier molecular flexibility index (Phi) is 2.71. The minimum absolute atomic E-state index is 0.144. The third-order valence-corrected chi connectivity index (χ3v) is 6.05. The van der Waals surface area contributed by atoms with Crippen molar-refractivity contribution in [2.75, 3.05) is 19.6 Å². The van der Waals surface area contributed by atoms with Gasteiger partial charge in [0.1, 0.15) is 0 Å². The molecule has 19 heavy (non-hydrogen) atoms. The van der Waals surface area contributed by atoms with Crippen LogP contribution < -0.4 is 5.32 Å². The van der Waals surface area contributed by atoms with E-state index in [4.69, 9.17) is 0 Å². The third kappa shape index (κ3) is 2.01. The van der Waals surface area contributed by atoms with Crippen LogP contribution in [-0.4, -0.2) is 36.5 Å². The molecule has 102 valence electrons. The second-order valence-corrected chi connectivity index (χ2v) is 7.77. The number of hydrogen-bond donors (Lipinski definition) is 1. The second kappa shape index (κ2) is 4.32. The van der Waals surface area contributed by atoms with E-state index in [2.05, 4.69) is 17.1 Å². The Morgan fingerprint density at radius 2 is 2.00 bits per heavy atom. The largest absolute Gasteiger partial charge is 0.348 e. The molecule has 3 saturated heterocycles. The molecular formula is C15H20N2OS. The third-order valence-electron chi connectivity index (χ3n) is 5.05. The van der Waals surface area contributed by atoms with Crippen molar-refractivity contribution in [3.8, 4) is 0 Å². The van der Waals surface area contributed by atoms with Gasteiger partial charge >= 0.3 is 0 Å². The Hall–Kier alpha value is -0.870. The summed E-state index contributed by atoms with van der Waals surface area (Å²) in [5.74, 6) is 2.42. The molecule has 1 aliphatic carbocycles. The highest BCUT2D eigenvalue weighted by Gasteiger charge is 2.47. The number of carbonyl (C=O) groups excluding carboxylic acids is 1. The van der Waals surface area contributed by atoms with Crippen LogP contribution in [0.1, 0.15) is 27.4 Å². The standard InChI is InChI=1S/C15H20N2OS/c1-9-2-3-13(19-9)15(18)16-14-11-4-10-5-12(14)8-17(6-10)7-11/h2-3,10-12,14H,4-8H2,1H3,(H,16,18)/t10?,11-,12+,14?. The Bertz CT molecular complexity index is 482. The van der Waals surface area contributed by atoms with Crippen molar-refractivity contribution in [2.24, 2.45) is 17.8 Å². The maximum Gasteiger partial charge on any atom is 0.261 e. The van der Waals surface area contributed by atoms with Crippen LogP contribution in [0.25, 0.3) is 0 Å². The molecule has 1 aromatic heterocycles. The first-order valence-electron chi connectivity index (χ1n) is 7.28.